The first-order chi connectivity index (χ1) is 11.6. The molecular formula is C17H11F2N3OS. The van der Waals surface area contributed by atoms with Crippen LogP contribution in [0.5, 0.6) is 0 Å². The average Bonchev–Trinajstić information content (AvgIpc) is 3.06. The van der Waals surface area contributed by atoms with E-state index in [0.29, 0.717) is 22.9 Å². The number of aromatic nitrogens is 1. The van der Waals surface area contributed by atoms with Crippen LogP contribution >= 0.6 is 11.3 Å². The molecule has 4 rings (SSSR count). The van der Waals surface area contributed by atoms with Crippen LogP contribution in [0.1, 0.15) is 5.56 Å². The number of carbonyl (C=O) groups excluding carboxylic acids is 1. The smallest absolute Gasteiger partial charge is 0.307 e. The molecule has 4 nitrogen and oxygen atoms in total. The predicted octanol–water partition coefficient (Wildman–Crippen LogP) is 4.64. The summed E-state index contributed by atoms with van der Waals surface area (Å²) >= 11 is 1.28. The molecule has 0 radical (unpaired) electrons. The van der Waals surface area contributed by atoms with Gasteiger partial charge in [0.1, 0.15) is 0 Å². The standard InChI is InChI=1S/C17H11F2N3OS/c18-12-6-5-10(7-13(12)19)15-9-24-17(21-15)22-8-11-3-1-2-4-14(11)20-16(22)23/h1-7,9H,8H2,(H,20,23). The summed E-state index contributed by atoms with van der Waals surface area (Å²) in [7, 11) is 0. The first-order valence-corrected chi connectivity index (χ1v) is 8.07. The van der Waals surface area contributed by atoms with Crippen LogP contribution < -0.4 is 10.2 Å². The molecule has 2 aromatic carbocycles. The summed E-state index contributed by atoms with van der Waals surface area (Å²) in [5, 5.41) is 5.04. The second-order valence-corrected chi connectivity index (χ2v) is 6.15. The minimum Gasteiger partial charge on any atom is -0.307 e. The monoisotopic (exact) mass is 343 g/mol. The number of hydrogen-bond acceptors (Lipinski definition) is 3. The molecule has 1 aliphatic rings. The number of halogens is 2. The largest absolute Gasteiger partial charge is 0.328 e. The Hall–Kier alpha value is -2.80. The lowest BCUT2D eigenvalue weighted by Gasteiger charge is -2.27. The van der Waals surface area contributed by atoms with E-state index >= 15 is 0 Å². The molecule has 2 heterocycles. The topological polar surface area (TPSA) is 45.2 Å². The molecule has 0 fully saturated rings. The van der Waals surface area contributed by atoms with Gasteiger partial charge in [0.15, 0.2) is 16.8 Å². The minimum absolute atomic E-state index is 0.264. The second-order valence-electron chi connectivity index (χ2n) is 5.32. The van der Waals surface area contributed by atoms with Crippen molar-refractivity contribution in [2.24, 2.45) is 0 Å². The van der Waals surface area contributed by atoms with Gasteiger partial charge in [0.05, 0.1) is 12.2 Å². The number of para-hydroxylation sites is 1. The highest BCUT2D eigenvalue weighted by molar-refractivity contribution is 7.14. The van der Waals surface area contributed by atoms with Crippen LogP contribution in [0.25, 0.3) is 11.3 Å². The van der Waals surface area contributed by atoms with Crippen molar-refractivity contribution >= 4 is 28.2 Å². The van der Waals surface area contributed by atoms with Crippen molar-refractivity contribution in [2.45, 2.75) is 6.54 Å². The molecule has 7 heteroatoms. The van der Waals surface area contributed by atoms with E-state index in [1.807, 2.05) is 24.3 Å². The summed E-state index contributed by atoms with van der Waals surface area (Å²) in [5.74, 6) is -1.83. The van der Waals surface area contributed by atoms with Gasteiger partial charge >= 0.3 is 6.03 Å². The zero-order valence-electron chi connectivity index (χ0n) is 12.3. The van der Waals surface area contributed by atoms with E-state index in [2.05, 4.69) is 10.3 Å². The lowest BCUT2D eigenvalue weighted by Crippen LogP contribution is -2.38. The molecule has 0 bridgehead atoms. The summed E-state index contributed by atoms with van der Waals surface area (Å²) in [5.41, 5.74) is 2.74. The van der Waals surface area contributed by atoms with Crippen LogP contribution in [0, 0.1) is 11.6 Å². The highest BCUT2D eigenvalue weighted by atomic mass is 32.1. The van der Waals surface area contributed by atoms with Crippen LogP contribution in [-0.2, 0) is 6.54 Å². The van der Waals surface area contributed by atoms with E-state index in [9.17, 15) is 13.6 Å². The Morgan fingerprint density at radius 3 is 2.79 bits per heavy atom. The molecule has 2 amide bonds. The molecule has 24 heavy (non-hydrogen) atoms. The number of amides is 2. The molecular weight excluding hydrogens is 332 g/mol. The van der Waals surface area contributed by atoms with E-state index < -0.39 is 11.6 Å². The zero-order chi connectivity index (χ0) is 16.7. The molecule has 0 spiro atoms. The van der Waals surface area contributed by atoms with Crippen LogP contribution in [0.2, 0.25) is 0 Å². The quantitative estimate of drug-likeness (QED) is 0.737. The maximum absolute atomic E-state index is 13.4. The Balaban J connectivity index is 1.65. The Bertz CT molecular complexity index is 941. The minimum atomic E-state index is -0.924. The molecule has 3 aromatic rings. The third-order valence-corrected chi connectivity index (χ3v) is 4.63. The summed E-state index contributed by atoms with van der Waals surface area (Å²) in [6.45, 7) is 0.409. The molecule has 0 aliphatic carbocycles. The summed E-state index contributed by atoms with van der Waals surface area (Å²) in [6, 6.07) is 10.9. The van der Waals surface area contributed by atoms with Crippen molar-refractivity contribution in [3.05, 3.63) is 65.0 Å². The molecule has 0 atom stereocenters. The van der Waals surface area contributed by atoms with Crippen LogP contribution in [0.3, 0.4) is 0 Å². The number of fused-ring (bicyclic) bond motifs is 1. The number of benzene rings is 2. The van der Waals surface area contributed by atoms with Gasteiger partial charge in [-0.25, -0.2) is 18.6 Å². The summed E-state index contributed by atoms with van der Waals surface area (Å²) in [6.07, 6.45) is 0. The number of carbonyl (C=O) groups is 1. The van der Waals surface area contributed by atoms with Gasteiger partial charge in [-0.05, 0) is 29.8 Å². The lowest BCUT2D eigenvalue weighted by atomic mass is 10.1. The maximum atomic E-state index is 13.4. The predicted molar refractivity (Wildman–Crippen MR) is 89.1 cm³/mol. The highest BCUT2D eigenvalue weighted by Gasteiger charge is 2.25. The fourth-order valence-corrected chi connectivity index (χ4v) is 3.37. The first kappa shape index (κ1) is 14.8. The Morgan fingerprint density at radius 2 is 1.96 bits per heavy atom. The molecule has 120 valence electrons. The van der Waals surface area contributed by atoms with Gasteiger partial charge in [0.2, 0.25) is 0 Å². The third kappa shape index (κ3) is 2.52. The highest BCUT2D eigenvalue weighted by Crippen LogP contribution is 2.32. The van der Waals surface area contributed by atoms with Gasteiger partial charge in [0.25, 0.3) is 0 Å². The number of anilines is 2. The molecule has 1 N–H and O–H groups in total. The fourth-order valence-electron chi connectivity index (χ4n) is 2.54. The molecule has 0 saturated carbocycles. The van der Waals surface area contributed by atoms with Crippen LogP contribution in [-0.4, -0.2) is 11.0 Å². The van der Waals surface area contributed by atoms with Crippen LogP contribution in [0.4, 0.5) is 24.4 Å². The normalized spacial score (nSPS) is 13.6. The number of rotatable bonds is 2. The van der Waals surface area contributed by atoms with Crippen molar-refractivity contribution in [3.8, 4) is 11.3 Å². The molecule has 0 unspecified atom stereocenters. The Morgan fingerprint density at radius 1 is 1.12 bits per heavy atom. The van der Waals surface area contributed by atoms with Gasteiger partial charge < -0.3 is 5.32 Å². The molecule has 1 aromatic heterocycles. The van der Waals surface area contributed by atoms with E-state index in [0.717, 1.165) is 23.4 Å². The number of nitrogens with zero attached hydrogens (tertiary/aromatic N) is 2. The van der Waals surface area contributed by atoms with E-state index in [1.165, 1.54) is 22.3 Å². The Labute approximate surface area is 140 Å². The first-order valence-electron chi connectivity index (χ1n) is 7.19. The van der Waals surface area contributed by atoms with E-state index in [4.69, 9.17) is 0 Å². The van der Waals surface area contributed by atoms with Gasteiger partial charge in [-0.3, -0.25) is 4.90 Å². The zero-order valence-corrected chi connectivity index (χ0v) is 13.1. The average molecular weight is 343 g/mol. The van der Waals surface area contributed by atoms with Gasteiger partial charge in [-0.15, -0.1) is 11.3 Å². The fraction of sp³-hybridized carbons (Fsp3) is 0.0588. The van der Waals surface area contributed by atoms with E-state index in [-0.39, 0.29) is 6.03 Å². The van der Waals surface area contributed by atoms with Gasteiger partial charge in [0, 0.05) is 16.6 Å². The van der Waals surface area contributed by atoms with Crippen molar-refractivity contribution in [3.63, 3.8) is 0 Å². The number of thiazole rings is 1. The van der Waals surface area contributed by atoms with Gasteiger partial charge in [-0.1, -0.05) is 18.2 Å². The Kier molecular flexibility index (Phi) is 3.50. The van der Waals surface area contributed by atoms with Crippen LogP contribution in [0.15, 0.2) is 47.8 Å². The van der Waals surface area contributed by atoms with Crippen molar-refractivity contribution in [1.82, 2.24) is 4.98 Å². The number of hydrogen-bond donors (Lipinski definition) is 1. The molecule has 0 saturated heterocycles. The number of nitrogens with one attached hydrogen (secondary N) is 1. The maximum Gasteiger partial charge on any atom is 0.328 e. The number of urea groups is 1. The van der Waals surface area contributed by atoms with Crippen molar-refractivity contribution in [1.29, 1.82) is 0 Å². The van der Waals surface area contributed by atoms with Crippen molar-refractivity contribution < 1.29 is 13.6 Å². The van der Waals surface area contributed by atoms with E-state index in [1.54, 1.807) is 5.38 Å². The van der Waals surface area contributed by atoms with Gasteiger partial charge in [-0.2, -0.15) is 0 Å². The van der Waals surface area contributed by atoms with Crippen molar-refractivity contribution in [2.75, 3.05) is 10.2 Å². The summed E-state index contributed by atoms with van der Waals surface area (Å²) in [4.78, 5) is 18.2. The second kappa shape index (κ2) is 5.68. The SMILES string of the molecule is O=C1Nc2ccccc2CN1c1nc(-c2ccc(F)c(F)c2)cs1. The lowest BCUT2D eigenvalue weighted by molar-refractivity contribution is 0.256. The third-order valence-electron chi connectivity index (χ3n) is 3.77. The molecule has 1 aliphatic heterocycles. The summed E-state index contributed by atoms with van der Waals surface area (Å²) < 4.78 is 26.4.